The summed E-state index contributed by atoms with van der Waals surface area (Å²) >= 11 is 0. The minimum absolute atomic E-state index is 0.702. The van der Waals surface area contributed by atoms with E-state index in [0.29, 0.717) is 5.75 Å². The molecule has 78 heavy (non-hydrogen) atoms. The number of aromatic nitrogens is 1. The zero-order valence-electron chi connectivity index (χ0n) is 42.7. The highest BCUT2D eigenvalue weighted by molar-refractivity contribution is 6.17. The number of fused-ring (bicyclic) bond motifs is 3. The van der Waals surface area contributed by atoms with E-state index in [2.05, 4.69) is 315 Å². The third kappa shape index (κ3) is 9.35. The van der Waals surface area contributed by atoms with E-state index in [4.69, 9.17) is 4.74 Å². The molecule has 0 aliphatic carbocycles. The Kier molecular flexibility index (Phi) is 12.9. The Hall–Kier alpha value is -10.6. The van der Waals surface area contributed by atoms with Crippen molar-refractivity contribution in [3.8, 4) is 17.2 Å². The Morgan fingerprint density at radius 3 is 0.962 bits per heavy atom. The molecule has 0 spiro atoms. The molecule has 0 aliphatic rings. The van der Waals surface area contributed by atoms with Crippen molar-refractivity contribution < 1.29 is 4.74 Å². The zero-order valence-corrected chi connectivity index (χ0v) is 42.7. The maximum Gasteiger partial charge on any atom is 0.131 e. The lowest BCUT2D eigenvalue weighted by molar-refractivity contribution is 0.483. The molecule has 0 atom stereocenters. The fraction of sp³-hybridized carbons (Fsp3) is 0. The van der Waals surface area contributed by atoms with Crippen molar-refractivity contribution in [2.24, 2.45) is 0 Å². The van der Waals surface area contributed by atoms with Crippen LogP contribution in [-0.2, 0) is 0 Å². The number of para-hydroxylation sites is 9. The minimum atomic E-state index is 0.702. The largest absolute Gasteiger partial charge is 0.457 e. The van der Waals surface area contributed by atoms with E-state index < -0.39 is 0 Å². The Bertz CT molecular complexity index is 3890. The number of rotatable bonds is 15. The molecule has 0 unspecified atom stereocenters. The summed E-state index contributed by atoms with van der Waals surface area (Å²) in [6.07, 6.45) is 0. The first kappa shape index (κ1) is 47.2. The third-order valence-electron chi connectivity index (χ3n) is 14.1. The molecule has 0 aliphatic heterocycles. The van der Waals surface area contributed by atoms with Crippen molar-refractivity contribution in [3.63, 3.8) is 0 Å². The standard InChI is InChI=1S/C72H53N5O/c1-9-28-54(29-10-1)73(55-30-11-2-12-31-55)61-48-62(74(56-32-13-3-14-33-56)57-34-15-4-16-35-57)50-63(49-61)77-69-45-26-25-44-68(69)72-70(46-27-47-71(72)77)76(60-40-21-7-22-41-60)65-51-64(52-67(53-65)78-66-42-23-8-24-43-66)75(58-36-17-5-18-37-58)59-38-19-6-20-39-59/h1-53H. The summed E-state index contributed by atoms with van der Waals surface area (Å²) in [6, 6.07) is 113. The van der Waals surface area contributed by atoms with Gasteiger partial charge in [0, 0.05) is 62.7 Å². The van der Waals surface area contributed by atoms with Crippen LogP contribution in [0, 0.1) is 0 Å². The average Bonchev–Trinajstić information content (AvgIpc) is 4.11. The van der Waals surface area contributed by atoms with Crippen molar-refractivity contribution in [2.75, 3.05) is 19.6 Å². The topological polar surface area (TPSA) is 27.1 Å². The molecule has 0 amide bonds. The van der Waals surface area contributed by atoms with Gasteiger partial charge in [-0.25, -0.2) is 0 Å². The van der Waals surface area contributed by atoms with Crippen molar-refractivity contribution in [1.29, 1.82) is 0 Å². The first-order valence-electron chi connectivity index (χ1n) is 26.3. The van der Waals surface area contributed by atoms with Crippen LogP contribution in [0.5, 0.6) is 11.5 Å². The summed E-state index contributed by atoms with van der Waals surface area (Å²) < 4.78 is 9.29. The van der Waals surface area contributed by atoms with E-state index in [0.717, 1.165) is 101 Å². The van der Waals surface area contributed by atoms with Crippen molar-refractivity contribution in [1.82, 2.24) is 4.57 Å². The van der Waals surface area contributed by atoms with Crippen LogP contribution in [0.25, 0.3) is 27.5 Å². The summed E-state index contributed by atoms with van der Waals surface area (Å²) in [7, 11) is 0. The van der Waals surface area contributed by atoms with Gasteiger partial charge >= 0.3 is 0 Å². The van der Waals surface area contributed by atoms with Gasteiger partial charge in [-0.1, -0.05) is 170 Å². The number of anilines is 12. The Balaban J connectivity index is 1.08. The van der Waals surface area contributed by atoms with Gasteiger partial charge in [0.15, 0.2) is 0 Å². The highest BCUT2D eigenvalue weighted by atomic mass is 16.5. The van der Waals surface area contributed by atoms with Crippen LogP contribution >= 0.6 is 0 Å². The van der Waals surface area contributed by atoms with Gasteiger partial charge in [-0.2, -0.15) is 0 Å². The molecule has 0 N–H and O–H groups in total. The highest BCUT2D eigenvalue weighted by Gasteiger charge is 2.26. The highest BCUT2D eigenvalue weighted by Crippen LogP contribution is 2.49. The lowest BCUT2D eigenvalue weighted by Crippen LogP contribution is -2.14. The smallest absolute Gasteiger partial charge is 0.131 e. The summed E-state index contributed by atoms with van der Waals surface area (Å²) in [4.78, 5) is 9.39. The number of hydrogen-bond donors (Lipinski definition) is 0. The molecule has 13 aromatic rings. The van der Waals surface area contributed by atoms with Crippen molar-refractivity contribution in [2.45, 2.75) is 0 Å². The van der Waals surface area contributed by atoms with Crippen LogP contribution in [0.4, 0.5) is 68.2 Å². The number of nitrogens with zero attached hydrogens (tertiary/aromatic N) is 5. The Morgan fingerprint density at radius 1 is 0.231 bits per heavy atom. The molecule has 0 fully saturated rings. The van der Waals surface area contributed by atoms with E-state index in [9.17, 15) is 0 Å². The Morgan fingerprint density at radius 2 is 0.551 bits per heavy atom. The molecular weight excluding hydrogens is 951 g/mol. The zero-order chi connectivity index (χ0) is 52.0. The molecule has 12 aromatic carbocycles. The fourth-order valence-electron chi connectivity index (χ4n) is 10.7. The lowest BCUT2D eigenvalue weighted by Gasteiger charge is -2.31. The molecule has 6 heteroatoms. The Labute approximate surface area is 455 Å². The molecule has 6 nitrogen and oxygen atoms in total. The molecule has 0 bridgehead atoms. The quantitative estimate of drug-likeness (QED) is 0.102. The number of hydrogen-bond acceptors (Lipinski definition) is 5. The van der Waals surface area contributed by atoms with Gasteiger partial charge in [0.2, 0.25) is 0 Å². The number of benzene rings is 12. The molecule has 372 valence electrons. The average molecular weight is 1000 g/mol. The summed E-state index contributed by atoms with van der Waals surface area (Å²) in [5, 5.41) is 2.22. The van der Waals surface area contributed by atoms with E-state index >= 15 is 0 Å². The predicted molar refractivity (Wildman–Crippen MR) is 326 cm³/mol. The van der Waals surface area contributed by atoms with Crippen LogP contribution in [0.1, 0.15) is 0 Å². The van der Waals surface area contributed by atoms with Crippen molar-refractivity contribution >= 4 is 90.1 Å². The van der Waals surface area contributed by atoms with E-state index in [1.807, 2.05) is 30.3 Å². The maximum absolute atomic E-state index is 6.85. The second kappa shape index (κ2) is 21.4. The molecule has 0 saturated heterocycles. The predicted octanol–water partition coefficient (Wildman–Crippen LogP) is 20.5. The SMILES string of the molecule is c1ccc(Oc2cc(N(c3ccccc3)c3ccccc3)cc(N(c3ccccc3)c3cccc4c3c3ccccc3n4-c3cc(N(c4ccccc4)c4ccccc4)cc(N(c4ccccc4)c4ccccc4)c3)c2)cc1. The molecule has 13 rings (SSSR count). The van der Waals surface area contributed by atoms with Crippen LogP contribution in [-0.4, -0.2) is 4.57 Å². The van der Waals surface area contributed by atoms with Gasteiger partial charge in [0.25, 0.3) is 0 Å². The first-order valence-corrected chi connectivity index (χ1v) is 26.3. The molecular formula is C72H53N5O. The van der Waals surface area contributed by atoms with Crippen molar-refractivity contribution in [3.05, 3.63) is 322 Å². The van der Waals surface area contributed by atoms with Gasteiger partial charge in [-0.15, -0.1) is 0 Å². The van der Waals surface area contributed by atoms with Gasteiger partial charge in [0.05, 0.1) is 45.2 Å². The second-order valence-corrected chi connectivity index (χ2v) is 19.0. The first-order chi connectivity index (χ1) is 38.7. The van der Waals surface area contributed by atoms with Gasteiger partial charge in [-0.05, 0) is 140 Å². The molecule has 1 heterocycles. The maximum atomic E-state index is 6.85. The van der Waals surface area contributed by atoms with E-state index in [-0.39, 0.29) is 0 Å². The van der Waals surface area contributed by atoms with Crippen LogP contribution in [0.15, 0.2) is 322 Å². The second-order valence-electron chi connectivity index (χ2n) is 19.0. The van der Waals surface area contributed by atoms with Gasteiger partial charge in [-0.3, -0.25) is 0 Å². The summed E-state index contributed by atoms with van der Waals surface area (Å²) in [5.41, 5.74) is 15.3. The normalized spacial score (nSPS) is 11.1. The van der Waals surface area contributed by atoms with Crippen LogP contribution in [0.3, 0.4) is 0 Å². The summed E-state index contributed by atoms with van der Waals surface area (Å²) in [6.45, 7) is 0. The van der Waals surface area contributed by atoms with Gasteiger partial charge < -0.3 is 28.9 Å². The molecule has 0 saturated carbocycles. The van der Waals surface area contributed by atoms with Crippen LogP contribution < -0.4 is 24.3 Å². The molecule has 0 radical (unpaired) electrons. The monoisotopic (exact) mass is 1000 g/mol. The van der Waals surface area contributed by atoms with Gasteiger partial charge in [0.1, 0.15) is 11.5 Å². The fourth-order valence-corrected chi connectivity index (χ4v) is 10.7. The van der Waals surface area contributed by atoms with Crippen LogP contribution in [0.2, 0.25) is 0 Å². The minimum Gasteiger partial charge on any atom is -0.457 e. The number of ether oxygens (including phenoxy) is 1. The third-order valence-corrected chi connectivity index (χ3v) is 14.1. The van der Waals surface area contributed by atoms with E-state index in [1.54, 1.807) is 0 Å². The van der Waals surface area contributed by atoms with E-state index in [1.165, 1.54) is 0 Å². The lowest BCUT2D eigenvalue weighted by atomic mass is 10.1. The summed E-state index contributed by atoms with van der Waals surface area (Å²) in [5.74, 6) is 1.45. The molecule has 1 aromatic heterocycles.